The summed E-state index contributed by atoms with van der Waals surface area (Å²) in [5, 5.41) is 4.67. The molecule has 0 aliphatic heterocycles. The van der Waals surface area contributed by atoms with Gasteiger partial charge in [0.15, 0.2) is 5.16 Å². The summed E-state index contributed by atoms with van der Waals surface area (Å²) in [5.41, 5.74) is 1.52. The van der Waals surface area contributed by atoms with Crippen LogP contribution in [-0.2, 0) is 17.9 Å². The van der Waals surface area contributed by atoms with E-state index in [1.807, 2.05) is 50.2 Å². The first-order valence-corrected chi connectivity index (χ1v) is 10.4. The molecular weight excluding hydrogens is 394 g/mol. The van der Waals surface area contributed by atoms with Crippen LogP contribution >= 0.6 is 23.4 Å². The monoisotopic (exact) mass is 415 g/mol. The molecule has 0 atom stereocenters. The largest absolute Gasteiger partial charge is 0.351 e. The van der Waals surface area contributed by atoms with Crippen LogP contribution in [0.25, 0.3) is 10.9 Å². The van der Waals surface area contributed by atoms with Gasteiger partial charge >= 0.3 is 0 Å². The number of carbonyl (C=O) groups excluding carboxylic acids is 1. The maximum absolute atomic E-state index is 12.9. The number of thioether (sulfide) groups is 1. The smallest absolute Gasteiger partial charge is 0.262 e. The van der Waals surface area contributed by atoms with Gasteiger partial charge in [0, 0.05) is 18.1 Å². The molecule has 0 radical (unpaired) electrons. The fraction of sp³-hybridized carbons (Fsp3) is 0.286. The van der Waals surface area contributed by atoms with Gasteiger partial charge in [-0.2, -0.15) is 0 Å². The molecule has 2 aromatic carbocycles. The molecule has 0 aliphatic rings. The second-order valence-corrected chi connectivity index (χ2v) is 8.30. The number of nitrogens with one attached hydrogen (secondary N) is 1. The van der Waals surface area contributed by atoms with E-state index in [0.717, 1.165) is 5.56 Å². The van der Waals surface area contributed by atoms with E-state index in [9.17, 15) is 9.59 Å². The Balaban J connectivity index is 1.73. The average Bonchev–Trinajstić information content (AvgIpc) is 2.67. The maximum atomic E-state index is 12.9. The average molecular weight is 416 g/mol. The Kier molecular flexibility index (Phi) is 6.75. The Hall–Kier alpha value is -2.31. The lowest BCUT2D eigenvalue weighted by atomic mass is 10.2. The Bertz CT molecular complexity index is 1050. The van der Waals surface area contributed by atoms with Crippen molar-refractivity contribution in [3.05, 3.63) is 69.5 Å². The van der Waals surface area contributed by atoms with Crippen molar-refractivity contribution in [3.8, 4) is 0 Å². The van der Waals surface area contributed by atoms with Gasteiger partial charge in [0.2, 0.25) is 5.91 Å². The number of fused-ring (bicyclic) bond motifs is 1. The van der Waals surface area contributed by atoms with Crippen molar-refractivity contribution in [3.63, 3.8) is 0 Å². The number of rotatable bonds is 7. The third-order valence-corrected chi connectivity index (χ3v) is 5.30. The highest BCUT2D eigenvalue weighted by molar-refractivity contribution is 7.99. The predicted molar refractivity (Wildman–Crippen MR) is 115 cm³/mol. The van der Waals surface area contributed by atoms with Gasteiger partial charge in [-0.15, -0.1) is 0 Å². The zero-order valence-electron chi connectivity index (χ0n) is 15.8. The first-order valence-electron chi connectivity index (χ1n) is 9.07. The number of halogens is 1. The van der Waals surface area contributed by atoms with Crippen LogP contribution in [0.5, 0.6) is 0 Å². The number of aromatic nitrogens is 2. The van der Waals surface area contributed by atoms with E-state index in [1.54, 1.807) is 16.7 Å². The molecule has 1 heterocycles. The summed E-state index contributed by atoms with van der Waals surface area (Å²) in [6.45, 7) is 5.06. The minimum atomic E-state index is -0.122. The van der Waals surface area contributed by atoms with Gasteiger partial charge in [0.05, 0.1) is 16.7 Å². The lowest BCUT2D eigenvalue weighted by molar-refractivity contribution is -0.118. The molecule has 0 spiro atoms. The van der Waals surface area contributed by atoms with E-state index in [2.05, 4.69) is 10.3 Å². The van der Waals surface area contributed by atoms with E-state index in [-0.39, 0.29) is 23.1 Å². The fourth-order valence-electron chi connectivity index (χ4n) is 2.81. The summed E-state index contributed by atoms with van der Waals surface area (Å²) in [5.74, 6) is 0.351. The number of carbonyl (C=O) groups is 1. The van der Waals surface area contributed by atoms with Crippen molar-refractivity contribution >= 4 is 40.2 Å². The molecule has 5 nitrogen and oxygen atoms in total. The van der Waals surface area contributed by atoms with E-state index < -0.39 is 0 Å². The number of hydrogen-bond acceptors (Lipinski definition) is 4. The SMILES string of the molecule is CC(C)Cn1c(SCC(=O)NCc2cccc(Cl)c2)nc2ccccc2c1=O. The predicted octanol–water partition coefficient (Wildman–Crippen LogP) is 4.11. The van der Waals surface area contributed by atoms with Crippen LogP contribution in [0.3, 0.4) is 0 Å². The summed E-state index contributed by atoms with van der Waals surface area (Å²) >= 11 is 7.24. The summed E-state index contributed by atoms with van der Waals surface area (Å²) in [7, 11) is 0. The molecule has 1 amide bonds. The molecule has 0 bridgehead atoms. The van der Waals surface area contributed by atoms with Crippen molar-refractivity contribution in [1.29, 1.82) is 0 Å². The van der Waals surface area contributed by atoms with Crippen LogP contribution in [0.4, 0.5) is 0 Å². The van der Waals surface area contributed by atoms with E-state index in [4.69, 9.17) is 11.6 Å². The van der Waals surface area contributed by atoms with Gasteiger partial charge < -0.3 is 5.32 Å². The zero-order chi connectivity index (χ0) is 20.1. The van der Waals surface area contributed by atoms with Crippen LogP contribution < -0.4 is 10.9 Å². The Morgan fingerprint density at radius 3 is 2.75 bits per heavy atom. The van der Waals surface area contributed by atoms with Gasteiger partial charge in [-0.25, -0.2) is 4.98 Å². The van der Waals surface area contributed by atoms with Crippen LogP contribution in [0.1, 0.15) is 19.4 Å². The Labute approximate surface area is 173 Å². The van der Waals surface area contributed by atoms with Crippen LogP contribution in [0.15, 0.2) is 58.5 Å². The summed E-state index contributed by atoms with van der Waals surface area (Å²) in [6.07, 6.45) is 0. The van der Waals surface area contributed by atoms with Crippen molar-refractivity contribution in [2.75, 3.05) is 5.75 Å². The van der Waals surface area contributed by atoms with Gasteiger partial charge in [-0.05, 0) is 35.7 Å². The highest BCUT2D eigenvalue weighted by atomic mass is 35.5. The zero-order valence-corrected chi connectivity index (χ0v) is 17.4. The first-order chi connectivity index (χ1) is 13.4. The van der Waals surface area contributed by atoms with Crippen LogP contribution in [-0.4, -0.2) is 21.2 Å². The minimum absolute atomic E-state index is 0.0684. The normalized spacial score (nSPS) is 11.1. The summed E-state index contributed by atoms with van der Waals surface area (Å²) in [4.78, 5) is 29.8. The maximum Gasteiger partial charge on any atom is 0.262 e. The molecule has 0 fully saturated rings. The lowest BCUT2D eigenvalue weighted by Crippen LogP contribution is -2.27. The van der Waals surface area contributed by atoms with Crippen molar-refractivity contribution in [2.45, 2.75) is 32.1 Å². The number of para-hydroxylation sites is 1. The number of nitrogens with zero attached hydrogens (tertiary/aromatic N) is 2. The third kappa shape index (κ3) is 5.14. The van der Waals surface area contributed by atoms with E-state index in [0.29, 0.717) is 34.2 Å². The van der Waals surface area contributed by atoms with E-state index >= 15 is 0 Å². The second-order valence-electron chi connectivity index (χ2n) is 6.92. The molecule has 0 saturated carbocycles. The van der Waals surface area contributed by atoms with Crippen LogP contribution in [0, 0.1) is 5.92 Å². The highest BCUT2D eigenvalue weighted by Crippen LogP contribution is 2.19. The molecule has 1 N–H and O–H groups in total. The van der Waals surface area contributed by atoms with Crippen LogP contribution in [0.2, 0.25) is 5.02 Å². The van der Waals surface area contributed by atoms with Crippen molar-refractivity contribution in [1.82, 2.24) is 14.9 Å². The Morgan fingerprint density at radius 1 is 1.21 bits per heavy atom. The number of hydrogen-bond donors (Lipinski definition) is 1. The molecule has 3 aromatic rings. The molecule has 3 rings (SSSR count). The molecule has 146 valence electrons. The molecule has 7 heteroatoms. The molecule has 0 aliphatic carbocycles. The topological polar surface area (TPSA) is 64.0 Å². The van der Waals surface area contributed by atoms with E-state index in [1.165, 1.54) is 11.8 Å². The number of benzene rings is 2. The molecular formula is C21H22ClN3O2S. The fourth-order valence-corrected chi connectivity index (χ4v) is 3.86. The minimum Gasteiger partial charge on any atom is -0.351 e. The quantitative estimate of drug-likeness (QED) is 0.465. The molecule has 0 saturated heterocycles. The first kappa shape index (κ1) is 20.4. The Morgan fingerprint density at radius 2 is 2.00 bits per heavy atom. The van der Waals surface area contributed by atoms with Gasteiger partial charge in [0.1, 0.15) is 0 Å². The standard InChI is InChI=1S/C21H22ClN3O2S/c1-14(2)12-25-20(27)17-8-3-4-9-18(17)24-21(25)28-13-19(26)23-11-15-6-5-7-16(22)10-15/h3-10,14H,11-13H2,1-2H3,(H,23,26). The summed E-state index contributed by atoms with van der Waals surface area (Å²) in [6, 6.07) is 14.7. The highest BCUT2D eigenvalue weighted by Gasteiger charge is 2.14. The molecule has 0 unspecified atom stereocenters. The third-order valence-electron chi connectivity index (χ3n) is 4.09. The van der Waals surface area contributed by atoms with Gasteiger partial charge in [0.25, 0.3) is 5.56 Å². The summed E-state index contributed by atoms with van der Waals surface area (Å²) < 4.78 is 1.67. The van der Waals surface area contributed by atoms with Crippen molar-refractivity contribution < 1.29 is 4.79 Å². The number of amides is 1. The second kappa shape index (κ2) is 9.26. The molecule has 28 heavy (non-hydrogen) atoms. The van der Waals surface area contributed by atoms with Crippen molar-refractivity contribution in [2.24, 2.45) is 5.92 Å². The molecule has 1 aromatic heterocycles. The van der Waals surface area contributed by atoms with Gasteiger partial charge in [-0.3, -0.25) is 14.2 Å². The lowest BCUT2D eigenvalue weighted by Gasteiger charge is -2.15. The van der Waals surface area contributed by atoms with Gasteiger partial charge in [-0.1, -0.05) is 61.5 Å².